The number of Topliss-reactive ketones (excluding diaryl/α,β-unsaturated/α-hetero) is 1. The summed E-state index contributed by atoms with van der Waals surface area (Å²) < 4.78 is 0. The van der Waals surface area contributed by atoms with Gasteiger partial charge in [-0.25, -0.2) is 0 Å². The fraction of sp³-hybridized carbons (Fsp3) is 0.692. The Labute approximate surface area is 109 Å². The Morgan fingerprint density at radius 3 is 2.44 bits per heavy atom. The van der Waals surface area contributed by atoms with Crippen molar-refractivity contribution in [3.8, 4) is 0 Å². The number of carbonyl (C=O) groups is 2. The molecule has 0 fully saturated rings. The molecular formula is C13H24N2O3. The monoisotopic (exact) mass is 256 g/mol. The highest BCUT2D eigenvalue weighted by Gasteiger charge is 2.21. The van der Waals surface area contributed by atoms with Gasteiger partial charge in [0.25, 0.3) is 0 Å². The second-order valence-electron chi connectivity index (χ2n) is 4.65. The van der Waals surface area contributed by atoms with Gasteiger partial charge in [0.2, 0.25) is 5.91 Å². The third-order valence-electron chi connectivity index (χ3n) is 2.59. The van der Waals surface area contributed by atoms with E-state index in [0.29, 0.717) is 13.1 Å². The molecule has 1 atom stereocenters. The molecule has 0 saturated carbocycles. The summed E-state index contributed by atoms with van der Waals surface area (Å²) in [4.78, 5) is 24.9. The van der Waals surface area contributed by atoms with Gasteiger partial charge < -0.3 is 10.4 Å². The zero-order valence-corrected chi connectivity index (χ0v) is 11.5. The summed E-state index contributed by atoms with van der Waals surface area (Å²) in [7, 11) is 0. The van der Waals surface area contributed by atoms with Gasteiger partial charge in [-0.3, -0.25) is 14.5 Å². The average Bonchev–Trinajstić information content (AvgIpc) is 2.25. The van der Waals surface area contributed by atoms with Crippen LogP contribution in [0.15, 0.2) is 12.7 Å². The molecule has 0 rings (SSSR count). The van der Waals surface area contributed by atoms with Gasteiger partial charge in [-0.2, -0.15) is 0 Å². The lowest BCUT2D eigenvalue weighted by Gasteiger charge is -2.23. The van der Waals surface area contributed by atoms with Crippen molar-refractivity contribution < 1.29 is 14.7 Å². The molecule has 1 unspecified atom stereocenters. The molecule has 5 heteroatoms. The molecule has 0 aliphatic heterocycles. The summed E-state index contributed by atoms with van der Waals surface area (Å²) in [6.45, 7) is 9.93. The van der Waals surface area contributed by atoms with Crippen molar-refractivity contribution >= 4 is 11.7 Å². The van der Waals surface area contributed by atoms with Crippen molar-refractivity contribution in [2.45, 2.75) is 26.8 Å². The maximum Gasteiger partial charge on any atom is 0.234 e. The number of amides is 1. The van der Waals surface area contributed by atoms with Crippen LogP contribution in [-0.2, 0) is 9.59 Å². The van der Waals surface area contributed by atoms with Crippen LogP contribution in [0.3, 0.4) is 0 Å². The zero-order valence-electron chi connectivity index (χ0n) is 11.5. The number of hydrogen-bond donors (Lipinski definition) is 2. The van der Waals surface area contributed by atoms with Crippen LogP contribution in [0.25, 0.3) is 0 Å². The lowest BCUT2D eigenvalue weighted by atomic mass is 10.0. The Hall–Kier alpha value is -1.20. The van der Waals surface area contributed by atoms with Gasteiger partial charge in [0.15, 0.2) is 5.78 Å². The molecule has 18 heavy (non-hydrogen) atoms. The minimum atomic E-state index is -0.447. The second kappa shape index (κ2) is 8.83. The third kappa shape index (κ3) is 6.51. The van der Waals surface area contributed by atoms with E-state index in [9.17, 15) is 9.59 Å². The molecule has 0 aliphatic carbocycles. The van der Waals surface area contributed by atoms with E-state index >= 15 is 0 Å². The largest absolute Gasteiger partial charge is 0.395 e. The molecule has 0 heterocycles. The molecule has 0 aromatic rings. The number of rotatable bonds is 9. The second-order valence-corrected chi connectivity index (χ2v) is 4.65. The van der Waals surface area contributed by atoms with Crippen molar-refractivity contribution in [3.63, 3.8) is 0 Å². The molecule has 0 radical (unpaired) electrons. The molecule has 0 aromatic carbocycles. The predicted molar refractivity (Wildman–Crippen MR) is 71.2 cm³/mol. The molecular weight excluding hydrogens is 232 g/mol. The highest BCUT2D eigenvalue weighted by Crippen LogP contribution is 2.02. The molecule has 0 saturated heterocycles. The first kappa shape index (κ1) is 16.8. The molecule has 1 amide bonds. The van der Waals surface area contributed by atoms with E-state index < -0.39 is 6.04 Å². The lowest BCUT2D eigenvalue weighted by Crippen LogP contribution is -2.47. The first-order valence-corrected chi connectivity index (χ1v) is 6.16. The normalized spacial score (nSPS) is 12.6. The predicted octanol–water partition coefficient (Wildman–Crippen LogP) is 0.197. The summed E-state index contributed by atoms with van der Waals surface area (Å²) in [6, 6.07) is -0.447. The molecule has 0 aromatic heterocycles. The van der Waals surface area contributed by atoms with Gasteiger partial charge in [-0.05, 0) is 12.8 Å². The van der Waals surface area contributed by atoms with E-state index in [1.54, 1.807) is 11.0 Å². The lowest BCUT2D eigenvalue weighted by molar-refractivity contribution is -0.128. The highest BCUT2D eigenvalue weighted by molar-refractivity contribution is 5.88. The smallest absolute Gasteiger partial charge is 0.234 e. The van der Waals surface area contributed by atoms with Crippen LogP contribution >= 0.6 is 0 Å². The Bertz CT molecular complexity index is 290. The van der Waals surface area contributed by atoms with Crippen molar-refractivity contribution in [1.29, 1.82) is 0 Å². The Balaban J connectivity index is 4.36. The molecule has 2 N–H and O–H groups in total. The van der Waals surface area contributed by atoms with Crippen LogP contribution in [0, 0.1) is 5.92 Å². The number of aliphatic hydroxyl groups excluding tert-OH is 1. The van der Waals surface area contributed by atoms with Crippen LogP contribution < -0.4 is 5.32 Å². The Kier molecular flexibility index (Phi) is 8.24. The number of nitrogens with zero attached hydrogens (tertiary/aromatic N) is 1. The molecule has 0 aliphatic rings. The summed E-state index contributed by atoms with van der Waals surface area (Å²) in [5, 5.41) is 11.6. The van der Waals surface area contributed by atoms with Crippen molar-refractivity contribution in [2.75, 3.05) is 26.2 Å². The first-order valence-electron chi connectivity index (χ1n) is 6.16. The standard InChI is InChI=1S/C13H24N2O3/c1-5-6-15(7-8-16)9-12(18)14-13(10(2)3)11(4)17/h5,10,13,16H,1,6-9H2,2-4H3,(H,14,18). The highest BCUT2D eigenvalue weighted by atomic mass is 16.3. The van der Waals surface area contributed by atoms with Gasteiger partial charge in [0.1, 0.15) is 0 Å². The minimum absolute atomic E-state index is 0.0125. The van der Waals surface area contributed by atoms with Crippen LogP contribution in [-0.4, -0.2) is 54.0 Å². The van der Waals surface area contributed by atoms with E-state index in [1.165, 1.54) is 6.92 Å². The van der Waals surface area contributed by atoms with E-state index in [-0.39, 0.29) is 30.8 Å². The van der Waals surface area contributed by atoms with Gasteiger partial charge in [-0.1, -0.05) is 19.9 Å². The fourth-order valence-corrected chi connectivity index (χ4v) is 1.72. The van der Waals surface area contributed by atoms with E-state index in [4.69, 9.17) is 5.11 Å². The number of carbonyl (C=O) groups excluding carboxylic acids is 2. The van der Waals surface area contributed by atoms with Gasteiger partial charge in [0, 0.05) is 13.1 Å². The number of aliphatic hydroxyl groups is 1. The maximum atomic E-state index is 11.8. The van der Waals surface area contributed by atoms with Gasteiger partial charge in [-0.15, -0.1) is 6.58 Å². The van der Waals surface area contributed by atoms with Crippen molar-refractivity contribution in [3.05, 3.63) is 12.7 Å². The summed E-state index contributed by atoms with van der Waals surface area (Å²) in [6.07, 6.45) is 1.67. The van der Waals surface area contributed by atoms with Crippen LogP contribution in [0.5, 0.6) is 0 Å². The SMILES string of the molecule is C=CCN(CCO)CC(=O)NC(C(C)=O)C(C)C. The third-order valence-corrected chi connectivity index (χ3v) is 2.59. The summed E-state index contributed by atoms with van der Waals surface area (Å²) in [5.74, 6) is -0.188. The van der Waals surface area contributed by atoms with Crippen molar-refractivity contribution in [1.82, 2.24) is 10.2 Å². The Morgan fingerprint density at radius 2 is 2.06 bits per heavy atom. The van der Waals surface area contributed by atoms with Crippen LogP contribution in [0.2, 0.25) is 0 Å². The number of hydrogen-bond acceptors (Lipinski definition) is 4. The minimum Gasteiger partial charge on any atom is -0.395 e. The number of nitrogens with one attached hydrogen (secondary N) is 1. The van der Waals surface area contributed by atoms with E-state index in [2.05, 4.69) is 11.9 Å². The molecule has 104 valence electrons. The Morgan fingerprint density at radius 1 is 1.44 bits per heavy atom. The summed E-state index contributed by atoms with van der Waals surface area (Å²) in [5.41, 5.74) is 0. The maximum absolute atomic E-state index is 11.8. The molecule has 0 spiro atoms. The van der Waals surface area contributed by atoms with Gasteiger partial charge in [0.05, 0.1) is 19.2 Å². The number of ketones is 1. The van der Waals surface area contributed by atoms with Crippen LogP contribution in [0.4, 0.5) is 0 Å². The van der Waals surface area contributed by atoms with E-state index in [0.717, 1.165) is 0 Å². The van der Waals surface area contributed by atoms with Crippen molar-refractivity contribution in [2.24, 2.45) is 5.92 Å². The average molecular weight is 256 g/mol. The zero-order chi connectivity index (χ0) is 14.1. The summed E-state index contributed by atoms with van der Waals surface area (Å²) >= 11 is 0. The molecule has 5 nitrogen and oxygen atoms in total. The fourth-order valence-electron chi connectivity index (χ4n) is 1.72. The van der Waals surface area contributed by atoms with Crippen LogP contribution in [0.1, 0.15) is 20.8 Å². The quantitative estimate of drug-likeness (QED) is 0.578. The van der Waals surface area contributed by atoms with Gasteiger partial charge >= 0.3 is 0 Å². The first-order chi connectivity index (χ1) is 8.42. The topological polar surface area (TPSA) is 69.6 Å². The molecule has 0 bridgehead atoms. The van der Waals surface area contributed by atoms with E-state index in [1.807, 2.05) is 13.8 Å².